The van der Waals surface area contributed by atoms with Crippen molar-refractivity contribution in [3.8, 4) is 11.8 Å². The third-order valence-electron chi connectivity index (χ3n) is 2.72. The third kappa shape index (κ3) is 4.28. The van der Waals surface area contributed by atoms with Gasteiger partial charge >= 0.3 is 0 Å². The van der Waals surface area contributed by atoms with E-state index < -0.39 is 0 Å². The average Bonchev–Trinajstić information content (AvgIpc) is 2.33. The van der Waals surface area contributed by atoms with Crippen LogP contribution in [-0.2, 0) is 4.74 Å². The molecule has 1 fully saturated rings. The number of nitrogen functional groups attached to an aromatic ring is 1. The second-order valence-electron chi connectivity index (χ2n) is 5.69. The van der Waals surface area contributed by atoms with Crippen LogP contribution in [0.2, 0.25) is 0 Å². The van der Waals surface area contributed by atoms with Crippen molar-refractivity contribution < 1.29 is 14.2 Å². The van der Waals surface area contributed by atoms with Crippen molar-refractivity contribution >= 4 is 5.69 Å². The standard InChI is InChI=1S/C14H22N2O3/c1-14(2,3)19-13-11(15)4-5-12(16-13)18-10-6-8-17-9-7-10/h4-5,10H,6-9,15H2,1-3H3. The summed E-state index contributed by atoms with van der Waals surface area (Å²) in [6.45, 7) is 7.36. The minimum atomic E-state index is -0.335. The summed E-state index contributed by atoms with van der Waals surface area (Å²) in [5.74, 6) is 0.984. The number of ether oxygens (including phenoxy) is 3. The molecular formula is C14H22N2O3. The average molecular weight is 266 g/mol. The van der Waals surface area contributed by atoms with Gasteiger partial charge in [-0.2, -0.15) is 4.98 Å². The zero-order valence-electron chi connectivity index (χ0n) is 11.8. The minimum absolute atomic E-state index is 0.160. The molecule has 5 nitrogen and oxygen atoms in total. The second-order valence-corrected chi connectivity index (χ2v) is 5.69. The van der Waals surface area contributed by atoms with Gasteiger partial charge in [0, 0.05) is 18.9 Å². The van der Waals surface area contributed by atoms with Crippen LogP contribution in [0, 0.1) is 0 Å². The molecule has 5 heteroatoms. The van der Waals surface area contributed by atoms with Gasteiger partial charge in [-0.15, -0.1) is 0 Å². The molecule has 1 aromatic heterocycles. The molecule has 0 saturated carbocycles. The quantitative estimate of drug-likeness (QED) is 0.910. The van der Waals surface area contributed by atoms with Gasteiger partial charge in [0.1, 0.15) is 11.7 Å². The fraction of sp³-hybridized carbons (Fsp3) is 0.643. The van der Waals surface area contributed by atoms with Crippen molar-refractivity contribution in [1.29, 1.82) is 0 Å². The zero-order valence-corrected chi connectivity index (χ0v) is 11.8. The van der Waals surface area contributed by atoms with Crippen LogP contribution in [0.25, 0.3) is 0 Å². The SMILES string of the molecule is CC(C)(C)Oc1nc(OC2CCOCC2)ccc1N. The summed E-state index contributed by atoms with van der Waals surface area (Å²) < 4.78 is 16.9. The van der Waals surface area contributed by atoms with Gasteiger partial charge in [0.05, 0.1) is 18.9 Å². The molecular weight excluding hydrogens is 244 g/mol. The van der Waals surface area contributed by atoms with Crippen LogP contribution in [0.3, 0.4) is 0 Å². The highest BCUT2D eigenvalue weighted by Crippen LogP contribution is 2.27. The van der Waals surface area contributed by atoms with E-state index in [1.807, 2.05) is 20.8 Å². The van der Waals surface area contributed by atoms with Crippen LogP contribution >= 0.6 is 0 Å². The Morgan fingerprint density at radius 1 is 1.26 bits per heavy atom. The Morgan fingerprint density at radius 2 is 1.95 bits per heavy atom. The Balaban J connectivity index is 2.07. The fourth-order valence-electron chi connectivity index (χ4n) is 1.84. The first-order valence-electron chi connectivity index (χ1n) is 6.64. The topological polar surface area (TPSA) is 66.6 Å². The molecule has 1 aliphatic heterocycles. The first-order valence-corrected chi connectivity index (χ1v) is 6.64. The van der Waals surface area contributed by atoms with Crippen LogP contribution in [-0.4, -0.2) is 29.9 Å². The molecule has 0 bridgehead atoms. The molecule has 0 radical (unpaired) electrons. The lowest BCUT2D eigenvalue weighted by Gasteiger charge is -2.24. The maximum Gasteiger partial charge on any atom is 0.241 e. The Kier molecular flexibility index (Phi) is 4.14. The molecule has 19 heavy (non-hydrogen) atoms. The highest BCUT2D eigenvalue weighted by Gasteiger charge is 2.19. The molecule has 2 rings (SSSR count). The molecule has 0 aromatic carbocycles. The number of pyridine rings is 1. The van der Waals surface area contributed by atoms with Crippen molar-refractivity contribution in [2.75, 3.05) is 18.9 Å². The summed E-state index contributed by atoms with van der Waals surface area (Å²) in [6.07, 6.45) is 1.94. The van der Waals surface area contributed by atoms with E-state index >= 15 is 0 Å². The number of hydrogen-bond acceptors (Lipinski definition) is 5. The van der Waals surface area contributed by atoms with Crippen LogP contribution in [0.4, 0.5) is 5.69 Å². The Bertz CT molecular complexity index is 423. The molecule has 0 atom stereocenters. The highest BCUT2D eigenvalue weighted by molar-refractivity contribution is 5.49. The van der Waals surface area contributed by atoms with Crippen LogP contribution in [0.1, 0.15) is 33.6 Å². The summed E-state index contributed by atoms with van der Waals surface area (Å²) in [5.41, 5.74) is 6.05. The maximum absolute atomic E-state index is 5.87. The molecule has 1 aromatic rings. The first-order chi connectivity index (χ1) is 8.94. The molecule has 0 unspecified atom stereocenters. The molecule has 0 amide bonds. The van der Waals surface area contributed by atoms with Crippen molar-refractivity contribution in [1.82, 2.24) is 4.98 Å². The largest absolute Gasteiger partial charge is 0.474 e. The predicted molar refractivity (Wildman–Crippen MR) is 73.5 cm³/mol. The van der Waals surface area contributed by atoms with Gasteiger partial charge in [0.25, 0.3) is 0 Å². The van der Waals surface area contributed by atoms with Crippen LogP contribution in [0.5, 0.6) is 11.8 Å². The minimum Gasteiger partial charge on any atom is -0.474 e. The van der Waals surface area contributed by atoms with E-state index in [2.05, 4.69) is 4.98 Å². The van der Waals surface area contributed by atoms with Gasteiger partial charge in [-0.1, -0.05) is 0 Å². The van der Waals surface area contributed by atoms with Crippen molar-refractivity contribution in [3.63, 3.8) is 0 Å². The third-order valence-corrected chi connectivity index (χ3v) is 2.72. The number of nitrogens with two attached hydrogens (primary N) is 1. The van der Waals surface area contributed by atoms with E-state index in [0.717, 1.165) is 26.1 Å². The number of hydrogen-bond donors (Lipinski definition) is 1. The number of aromatic nitrogens is 1. The Hall–Kier alpha value is -1.49. The lowest BCUT2D eigenvalue weighted by Crippen LogP contribution is -2.27. The van der Waals surface area contributed by atoms with Gasteiger partial charge in [-0.3, -0.25) is 0 Å². The number of anilines is 1. The van der Waals surface area contributed by atoms with Crippen LogP contribution in [0.15, 0.2) is 12.1 Å². The second kappa shape index (κ2) is 5.65. The normalized spacial score (nSPS) is 17.2. The Labute approximate surface area is 114 Å². The van der Waals surface area contributed by atoms with Crippen molar-refractivity contribution in [3.05, 3.63) is 12.1 Å². The van der Waals surface area contributed by atoms with Crippen molar-refractivity contribution in [2.24, 2.45) is 0 Å². The van der Waals surface area contributed by atoms with Gasteiger partial charge in [-0.25, -0.2) is 0 Å². The molecule has 2 N–H and O–H groups in total. The van der Waals surface area contributed by atoms with E-state index in [4.69, 9.17) is 19.9 Å². The number of rotatable bonds is 3. The smallest absolute Gasteiger partial charge is 0.241 e. The van der Waals surface area contributed by atoms with Gasteiger partial charge in [0.15, 0.2) is 0 Å². The molecule has 106 valence electrons. The van der Waals surface area contributed by atoms with Gasteiger partial charge in [-0.05, 0) is 26.8 Å². The maximum atomic E-state index is 5.87. The fourth-order valence-corrected chi connectivity index (χ4v) is 1.84. The van der Waals surface area contributed by atoms with E-state index in [0.29, 0.717) is 17.4 Å². The summed E-state index contributed by atoms with van der Waals surface area (Å²) in [4.78, 5) is 4.34. The monoisotopic (exact) mass is 266 g/mol. The van der Waals surface area contributed by atoms with E-state index in [9.17, 15) is 0 Å². The molecule has 0 spiro atoms. The van der Waals surface area contributed by atoms with Crippen LogP contribution < -0.4 is 15.2 Å². The summed E-state index contributed by atoms with van der Waals surface area (Å²) in [5, 5.41) is 0. The number of nitrogens with zero attached hydrogens (tertiary/aromatic N) is 1. The first kappa shape index (κ1) is 13.9. The predicted octanol–water partition coefficient (Wildman–Crippen LogP) is 2.40. The lowest BCUT2D eigenvalue weighted by atomic mass is 10.1. The van der Waals surface area contributed by atoms with Gasteiger partial charge in [0.2, 0.25) is 11.8 Å². The molecule has 0 aliphatic carbocycles. The summed E-state index contributed by atoms with van der Waals surface area (Å²) >= 11 is 0. The highest BCUT2D eigenvalue weighted by atomic mass is 16.5. The van der Waals surface area contributed by atoms with E-state index in [1.165, 1.54) is 0 Å². The molecule has 2 heterocycles. The van der Waals surface area contributed by atoms with E-state index in [1.54, 1.807) is 12.1 Å². The summed E-state index contributed by atoms with van der Waals surface area (Å²) in [7, 11) is 0. The van der Waals surface area contributed by atoms with Crippen molar-refractivity contribution in [2.45, 2.75) is 45.3 Å². The van der Waals surface area contributed by atoms with E-state index in [-0.39, 0.29) is 11.7 Å². The lowest BCUT2D eigenvalue weighted by molar-refractivity contribution is 0.0231. The van der Waals surface area contributed by atoms with Gasteiger partial charge < -0.3 is 19.9 Å². The summed E-state index contributed by atoms with van der Waals surface area (Å²) in [6, 6.07) is 3.54. The Morgan fingerprint density at radius 3 is 2.58 bits per heavy atom. The molecule has 1 aliphatic rings. The molecule has 1 saturated heterocycles. The zero-order chi connectivity index (χ0) is 13.9.